The maximum Gasteiger partial charge on any atom is 0.338 e. The average molecular weight is 493 g/mol. The fourth-order valence-electron chi connectivity index (χ4n) is 6.34. The van der Waals surface area contributed by atoms with Crippen molar-refractivity contribution in [3.8, 4) is 5.75 Å². The second kappa shape index (κ2) is 8.57. The molecule has 4 fully saturated rings. The lowest BCUT2D eigenvalue weighted by Gasteiger charge is -2.60. The van der Waals surface area contributed by atoms with Crippen LogP contribution in [0.15, 0.2) is 18.2 Å². The molecule has 0 radical (unpaired) electrons. The number of ether oxygens (including phenoxy) is 3. The zero-order valence-corrected chi connectivity index (χ0v) is 19.7. The van der Waals surface area contributed by atoms with E-state index >= 15 is 0 Å². The SMILES string of the molecule is CCOC(=O)c1cc(OC(=O)CC23CC4CC(CC(Br)(C4)C2)C3)cc(C(=O)OCC)c1. The van der Waals surface area contributed by atoms with Crippen LogP contribution in [0.4, 0.5) is 0 Å². The molecule has 1 aromatic carbocycles. The van der Waals surface area contributed by atoms with Gasteiger partial charge in [-0.3, -0.25) is 4.79 Å². The largest absolute Gasteiger partial charge is 0.462 e. The van der Waals surface area contributed by atoms with Gasteiger partial charge in [-0.15, -0.1) is 0 Å². The van der Waals surface area contributed by atoms with E-state index in [9.17, 15) is 14.4 Å². The van der Waals surface area contributed by atoms with Crippen molar-refractivity contribution in [3.63, 3.8) is 0 Å². The molecule has 4 aliphatic carbocycles. The van der Waals surface area contributed by atoms with E-state index < -0.39 is 11.9 Å². The van der Waals surface area contributed by atoms with E-state index in [0.29, 0.717) is 18.3 Å². The first-order valence-electron chi connectivity index (χ1n) is 11.1. The van der Waals surface area contributed by atoms with Crippen LogP contribution in [-0.2, 0) is 14.3 Å². The fourth-order valence-corrected chi connectivity index (χ4v) is 7.85. The van der Waals surface area contributed by atoms with Crippen LogP contribution in [0.25, 0.3) is 0 Å². The van der Waals surface area contributed by atoms with Crippen LogP contribution in [0.2, 0.25) is 0 Å². The van der Waals surface area contributed by atoms with Crippen molar-refractivity contribution in [2.45, 2.75) is 63.1 Å². The van der Waals surface area contributed by atoms with Crippen molar-refractivity contribution in [2.24, 2.45) is 17.3 Å². The summed E-state index contributed by atoms with van der Waals surface area (Å²) < 4.78 is 15.9. The van der Waals surface area contributed by atoms with Crippen molar-refractivity contribution in [3.05, 3.63) is 29.3 Å². The molecule has 4 bridgehead atoms. The Morgan fingerprint density at radius 2 is 1.48 bits per heavy atom. The molecule has 2 atom stereocenters. The van der Waals surface area contributed by atoms with Gasteiger partial charge in [0.25, 0.3) is 0 Å². The summed E-state index contributed by atoms with van der Waals surface area (Å²) >= 11 is 3.97. The Kier molecular flexibility index (Phi) is 6.16. The zero-order chi connectivity index (χ0) is 22.2. The van der Waals surface area contributed by atoms with Gasteiger partial charge in [-0.1, -0.05) is 15.9 Å². The van der Waals surface area contributed by atoms with E-state index in [4.69, 9.17) is 14.2 Å². The lowest BCUT2D eigenvalue weighted by Crippen LogP contribution is -2.53. The number of carbonyl (C=O) groups excluding carboxylic acids is 3. The number of benzene rings is 1. The third kappa shape index (κ3) is 4.81. The van der Waals surface area contributed by atoms with Crippen LogP contribution in [0.3, 0.4) is 0 Å². The smallest absolute Gasteiger partial charge is 0.338 e. The van der Waals surface area contributed by atoms with Gasteiger partial charge in [-0.05, 0) is 87.8 Å². The molecule has 0 aliphatic heterocycles. The Labute approximate surface area is 191 Å². The monoisotopic (exact) mass is 492 g/mol. The number of carbonyl (C=O) groups is 3. The van der Waals surface area contributed by atoms with Gasteiger partial charge in [0.2, 0.25) is 0 Å². The molecule has 0 amide bonds. The number of halogens is 1. The van der Waals surface area contributed by atoms with Crippen LogP contribution in [0, 0.1) is 17.3 Å². The molecule has 0 heterocycles. The minimum Gasteiger partial charge on any atom is -0.462 e. The lowest BCUT2D eigenvalue weighted by atomic mass is 9.49. The molecule has 5 rings (SSSR count). The van der Waals surface area contributed by atoms with E-state index in [1.54, 1.807) is 13.8 Å². The zero-order valence-electron chi connectivity index (χ0n) is 18.1. The fraction of sp³-hybridized carbons (Fsp3) is 0.625. The van der Waals surface area contributed by atoms with Crippen LogP contribution in [0.1, 0.15) is 79.5 Å². The normalized spacial score (nSPS) is 30.7. The lowest BCUT2D eigenvalue weighted by molar-refractivity contribution is -0.141. The first-order chi connectivity index (χ1) is 14.7. The van der Waals surface area contributed by atoms with Crippen molar-refractivity contribution >= 4 is 33.8 Å². The Hall–Kier alpha value is -1.89. The highest BCUT2D eigenvalue weighted by atomic mass is 79.9. The molecule has 0 saturated heterocycles. The molecule has 4 aliphatic rings. The predicted octanol–water partition coefficient (Wildman–Crippen LogP) is 5.07. The molecule has 4 saturated carbocycles. The summed E-state index contributed by atoms with van der Waals surface area (Å²) in [6.45, 7) is 3.82. The maximum atomic E-state index is 12.9. The van der Waals surface area contributed by atoms with Gasteiger partial charge >= 0.3 is 17.9 Å². The van der Waals surface area contributed by atoms with E-state index in [1.165, 1.54) is 37.5 Å². The summed E-state index contributed by atoms with van der Waals surface area (Å²) in [5.41, 5.74) is 0.293. The van der Waals surface area contributed by atoms with Crippen LogP contribution < -0.4 is 4.74 Å². The van der Waals surface area contributed by atoms with E-state index in [0.717, 1.165) is 19.3 Å². The average Bonchev–Trinajstić information content (AvgIpc) is 2.65. The number of alkyl halides is 1. The quantitative estimate of drug-likeness (QED) is 0.300. The first-order valence-corrected chi connectivity index (χ1v) is 11.9. The Morgan fingerprint density at radius 3 is 1.97 bits per heavy atom. The van der Waals surface area contributed by atoms with Gasteiger partial charge in [0.1, 0.15) is 5.75 Å². The van der Waals surface area contributed by atoms with Gasteiger partial charge in [0.05, 0.1) is 30.8 Å². The van der Waals surface area contributed by atoms with Gasteiger partial charge in [-0.2, -0.15) is 0 Å². The Bertz CT molecular complexity index is 844. The molecule has 6 nitrogen and oxygen atoms in total. The summed E-state index contributed by atoms with van der Waals surface area (Å²) in [4.78, 5) is 37.4. The molecule has 0 spiro atoms. The van der Waals surface area contributed by atoms with Crippen molar-refractivity contribution < 1.29 is 28.6 Å². The summed E-state index contributed by atoms with van der Waals surface area (Å²) in [6.07, 6.45) is 7.17. The van der Waals surface area contributed by atoms with E-state index in [-0.39, 0.29) is 45.8 Å². The molecule has 2 unspecified atom stereocenters. The summed E-state index contributed by atoms with van der Waals surface area (Å²) in [6, 6.07) is 4.30. The number of hydrogen-bond acceptors (Lipinski definition) is 6. The number of hydrogen-bond donors (Lipinski definition) is 0. The van der Waals surface area contributed by atoms with Crippen molar-refractivity contribution in [1.82, 2.24) is 0 Å². The molecule has 0 N–H and O–H groups in total. The van der Waals surface area contributed by atoms with Crippen LogP contribution >= 0.6 is 15.9 Å². The molecular weight excluding hydrogens is 464 g/mol. The Morgan fingerprint density at radius 1 is 0.935 bits per heavy atom. The Balaban J connectivity index is 1.52. The van der Waals surface area contributed by atoms with Crippen molar-refractivity contribution in [2.75, 3.05) is 13.2 Å². The molecule has 31 heavy (non-hydrogen) atoms. The second-order valence-corrected chi connectivity index (χ2v) is 11.1. The van der Waals surface area contributed by atoms with Gasteiger partial charge in [0.15, 0.2) is 0 Å². The molecule has 0 aromatic heterocycles. The highest BCUT2D eigenvalue weighted by Crippen LogP contribution is 2.65. The minimum atomic E-state index is -0.576. The van der Waals surface area contributed by atoms with Gasteiger partial charge in [-0.25, -0.2) is 9.59 Å². The topological polar surface area (TPSA) is 78.9 Å². The summed E-state index contributed by atoms with van der Waals surface area (Å²) in [7, 11) is 0. The minimum absolute atomic E-state index is 0.0204. The highest BCUT2D eigenvalue weighted by Gasteiger charge is 2.57. The van der Waals surface area contributed by atoms with Crippen LogP contribution in [0.5, 0.6) is 5.75 Å². The summed E-state index contributed by atoms with van der Waals surface area (Å²) in [5, 5.41) is 0. The highest BCUT2D eigenvalue weighted by molar-refractivity contribution is 9.10. The molecular formula is C24H29BrO6. The van der Waals surface area contributed by atoms with Crippen LogP contribution in [-0.4, -0.2) is 35.4 Å². The van der Waals surface area contributed by atoms with Gasteiger partial charge in [0, 0.05) is 4.32 Å². The summed E-state index contributed by atoms with van der Waals surface area (Å²) in [5.74, 6) is 0.0410. The number of rotatable bonds is 7. The number of esters is 3. The van der Waals surface area contributed by atoms with E-state index in [1.807, 2.05) is 0 Å². The van der Waals surface area contributed by atoms with E-state index in [2.05, 4.69) is 15.9 Å². The third-order valence-electron chi connectivity index (χ3n) is 6.79. The first kappa shape index (κ1) is 22.3. The van der Waals surface area contributed by atoms with Crippen molar-refractivity contribution in [1.29, 1.82) is 0 Å². The second-order valence-electron chi connectivity index (χ2n) is 9.45. The standard InChI is InChI=1S/C24H29BrO6/c1-3-29-21(27)17-6-18(22(28)30-4-2)8-19(7-17)31-20(26)13-23-9-15-5-16(10-23)12-24(25,11-15)14-23/h6-8,15-16H,3-5,9-14H2,1-2H3. The predicted molar refractivity (Wildman–Crippen MR) is 117 cm³/mol. The molecule has 7 heteroatoms. The third-order valence-corrected chi connectivity index (χ3v) is 7.72. The molecule has 1 aromatic rings. The molecule has 168 valence electrons. The maximum absolute atomic E-state index is 12.9. The van der Waals surface area contributed by atoms with Gasteiger partial charge < -0.3 is 14.2 Å².